The van der Waals surface area contributed by atoms with Crippen molar-refractivity contribution < 1.29 is 19.1 Å². The molecule has 4 rings (SSSR count). The van der Waals surface area contributed by atoms with E-state index in [0.29, 0.717) is 36.3 Å². The van der Waals surface area contributed by atoms with Crippen molar-refractivity contribution in [3.05, 3.63) is 28.3 Å². The first-order valence-corrected chi connectivity index (χ1v) is 14.6. The normalized spacial score (nSPS) is 22.1. The minimum Gasteiger partial charge on any atom is -0.444 e. The number of carbonyl (C=O) groups excluding carboxylic acids is 3. The molecule has 1 aliphatic carbocycles. The summed E-state index contributed by atoms with van der Waals surface area (Å²) in [6, 6.07) is 3.69. The number of likely N-dealkylation sites (tertiary alicyclic amines) is 1. The van der Waals surface area contributed by atoms with Crippen LogP contribution in [-0.4, -0.2) is 83.1 Å². The predicted octanol–water partition coefficient (Wildman–Crippen LogP) is 5.00. The zero-order chi connectivity index (χ0) is 28.3. The number of halogens is 1. The van der Waals surface area contributed by atoms with Crippen molar-refractivity contribution in [2.24, 2.45) is 5.92 Å². The summed E-state index contributed by atoms with van der Waals surface area (Å²) in [7, 11) is 0. The Balaban J connectivity index is 1.33. The minimum absolute atomic E-state index is 0.0329. The molecule has 10 heteroatoms. The number of urea groups is 1. The number of ether oxygens (including phenoxy) is 1. The van der Waals surface area contributed by atoms with Crippen LogP contribution in [-0.2, 0) is 16.1 Å². The molecule has 2 heterocycles. The molecule has 0 bridgehead atoms. The minimum atomic E-state index is -0.576. The summed E-state index contributed by atoms with van der Waals surface area (Å²) in [5, 5.41) is 6.68. The van der Waals surface area contributed by atoms with Crippen molar-refractivity contribution in [1.82, 2.24) is 20.0 Å². The zero-order valence-corrected chi connectivity index (χ0v) is 24.8. The van der Waals surface area contributed by atoms with Gasteiger partial charge in [-0.05, 0) is 89.5 Å². The molecule has 39 heavy (non-hydrogen) atoms. The lowest BCUT2D eigenvalue weighted by atomic mass is 10.0. The summed E-state index contributed by atoms with van der Waals surface area (Å²) in [4.78, 5) is 44.2. The predicted molar refractivity (Wildman–Crippen MR) is 153 cm³/mol. The van der Waals surface area contributed by atoms with Crippen molar-refractivity contribution >= 4 is 35.3 Å². The van der Waals surface area contributed by atoms with Gasteiger partial charge in [0.15, 0.2) is 0 Å². The summed E-state index contributed by atoms with van der Waals surface area (Å²) < 4.78 is 5.53. The van der Waals surface area contributed by atoms with Crippen LogP contribution in [0.2, 0.25) is 5.02 Å². The molecule has 2 atom stereocenters. The van der Waals surface area contributed by atoms with E-state index in [1.807, 2.05) is 38.7 Å². The number of hydrogen-bond acceptors (Lipinski definition) is 5. The van der Waals surface area contributed by atoms with Gasteiger partial charge in [0.1, 0.15) is 5.60 Å². The van der Waals surface area contributed by atoms with Crippen LogP contribution < -0.4 is 10.6 Å². The number of carbonyl (C=O) groups is 3. The maximum atomic E-state index is 13.0. The van der Waals surface area contributed by atoms with Crippen molar-refractivity contribution in [2.75, 3.05) is 38.0 Å². The molecule has 0 aromatic heterocycles. The first kappa shape index (κ1) is 29.5. The highest BCUT2D eigenvalue weighted by Crippen LogP contribution is 2.29. The number of benzene rings is 1. The molecule has 1 aromatic carbocycles. The van der Waals surface area contributed by atoms with E-state index in [9.17, 15) is 14.4 Å². The third kappa shape index (κ3) is 8.24. The fraction of sp³-hybridized carbons (Fsp3) is 0.690. The van der Waals surface area contributed by atoms with Gasteiger partial charge in [-0.2, -0.15) is 0 Å². The molecule has 3 fully saturated rings. The highest BCUT2D eigenvalue weighted by atomic mass is 35.5. The molecule has 0 radical (unpaired) electrons. The number of nitrogens with zero attached hydrogens (tertiary/aromatic N) is 3. The number of amides is 4. The van der Waals surface area contributed by atoms with Gasteiger partial charge in [-0.25, -0.2) is 9.59 Å². The maximum Gasteiger partial charge on any atom is 0.410 e. The molecule has 9 nitrogen and oxygen atoms in total. The van der Waals surface area contributed by atoms with Crippen LogP contribution >= 0.6 is 11.6 Å². The fourth-order valence-corrected chi connectivity index (χ4v) is 5.67. The van der Waals surface area contributed by atoms with Gasteiger partial charge in [-0.1, -0.05) is 11.6 Å². The van der Waals surface area contributed by atoms with E-state index >= 15 is 0 Å². The highest BCUT2D eigenvalue weighted by molar-refractivity contribution is 6.31. The summed E-state index contributed by atoms with van der Waals surface area (Å²) in [5.74, 6) is 0.513. The average molecular weight is 562 g/mol. The second kappa shape index (κ2) is 12.3. The molecule has 1 aromatic rings. The number of piperazine rings is 1. The van der Waals surface area contributed by atoms with Gasteiger partial charge in [0, 0.05) is 68.5 Å². The second-order valence-corrected chi connectivity index (χ2v) is 12.8. The summed E-state index contributed by atoms with van der Waals surface area (Å²) in [5.41, 5.74) is 2.14. The van der Waals surface area contributed by atoms with E-state index < -0.39 is 5.60 Å². The van der Waals surface area contributed by atoms with Crippen LogP contribution in [0.15, 0.2) is 12.1 Å². The number of hydrogen-bond donors (Lipinski definition) is 2. The Hall–Kier alpha value is -2.52. The SMILES string of the molecule is Cc1c(CN2CCN(C(=O)NCC3CC3)C(C)C2)cc(Cl)cc1NC(=O)CC1CCCN1C(=O)OC(C)(C)C. The lowest BCUT2D eigenvalue weighted by Gasteiger charge is -2.40. The van der Waals surface area contributed by atoms with Crippen LogP contribution in [0.3, 0.4) is 0 Å². The van der Waals surface area contributed by atoms with Crippen molar-refractivity contribution in [2.45, 2.75) is 91.0 Å². The van der Waals surface area contributed by atoms with E-state index in [1.54, 1.807) is 11.0 Å². The average Bonchev–Trinajstić information content (AvgIpc) is 3.55. The lowest BCUT2D eigenvalue weighted by molar-refractivity contribution is -0.117. The van der Waals surface area contributed by atoms with Crippen molar-refractivity contribution in [3.63, 3.8) is 0 Å². The van der Waals surface area contributed by atoms with Crippen LogP contribution in [0, 0.1) is 12.8 Å². The molecule has 3 aliphatic rings. The molecule has 4 amide bonds. The smallest absolute Gasteiger partial charge is 0.410 e. The number of rotatable bonds is 7. The third-order valence-corrected chi connectivity index (χ3v) is 8.00. The van der Waals surface area contributed by atoms with Crippen LogP contribution in [0.4, 0.5) is 15.3 Å². The Kier molecular flexibility index (Phi) is 9.32. The summed E-state index contributed by atoms with van der Waals surface area (Å²) in [6.07, 6.45) is 3.91. The molecule has 0 spiro atoms. The van der Waals surface area contributed by atoms with Crippen LogP contribution in [0.1, 0.15) is 70.9 Å². The Morgan fingerprint density at radius 2 is 1.82 bits per heavy atom. The highest BCUT2D eigenvalue weighted by Gasteiger charge is 2.34. The fourth-order valence-electron chi connectivity index (χ4n) is 5.43. The molecule has 216 valence electrons. The van der Waals surface area contributed by atoms with Crippen molar-refractivity contribution in [3.8, 4) is 0 Å². The molecule has 1 saturated carbocycles. The molecule has 2 saturated heterocycles. The number of nitrogens with one attached hydrogen (secondary N) is 2. The Labute approximate surface area is 237 Å². The Morgan fingerprint density at radius 1 is 1.08 bits per heavy atom. The van der Waals surface area contributed by atoms with Crippen LogP contribution in [0.5, 0.6) is 0 Å². The van der Waals surface area contributed by atoms with Gasteiger partial charge in [0.25, 0.3) is 0 Å². The first-order valence-electron chi connectivity index (χ1n) is 14.2. The first-order chi connectivity index (χ1) is 18.4. The summed E-state index contributed by atoms with van der Waals surface area (Å²) in [6.45, 7) is 13.9. The van der Waals surface area contributed by atoms with E-state index in [1.165, 1.54) is 12.8 Å². The Bertz CT molecular complexity index is 1070. The summed E-state index contributed by atoms with van der Waals surface area (Å²) >= 11 is 6.48. The van der Waals surface area contributed by atoms with E-state index in [-0.39, 0.29) is 36.5 Å². The third-order valence-electron chi connectivity index (χ3n) is 7.79. The van der Waals surface area contributed by atoms with Gasteiger partial charge in [0.2, 0.25) is 5.91 Å². The van der Waals surface area contributed by atoms with Gasteiger partial charge >= 0.3 is 12.1 Å². The van der Waals surface area contributed by atoms with E-state index in [2.05, 4.69) is 22.5 Å². The van der Waals surface area contributed by atoms with Gasteiger partial charge in [0.05, 0.1) is 0 Å². The quantitative estimate of drug-likeness (QED) is 0.488. The van der Waals surface area contributed by atoms with Gasteiger partial charge in [-0.3, -0.25) is 9.69 Å². The van der Waals surface area contributed by atoms with Crippen LogP contribution in [0.25, 0.3) is 0 Å². The lowest BCUT2D eigenvalue weighted by Crippen LogP contribution is -2.56. The molecule has 2 N–H and O–H groups in total. The molecular weight excluding hydrogens is 518 g/mol. The van der Waals surface area contributed by atoms with Gasteiger partial charge in [-0.15, -0.1) is 0 Å². The topological polar surface area (TPSA) is 94.2 Å². The second-order valence-electron chi connectivity index (χ2n) is 12.4. The van der Waals surface area contributed by atoms with E-state index in [0.717, 1.165) is 43.6 Å². The van der Waals surface area contributed by atoms with Gasteiger partial charge < -0.3 is 25.2 Å². The monoisotopic (exact) mass is 561 g/mol. The molecular formula is C29H44ClN5O4. The maximum absolute atomic E-state index is 13.0. The zero-order valence-electron chi connectivity index (χ0n) is 24.0. The Morgan fingerprint density at radius 3 is 2.49 bits per heavy atom. The molecule has 2 unspecified atom stereocenters. The van der Waals surface area contributed by atoms with Crippen molar-refractivity contribution in [1.29, 1.82) is 0 Å². The molecule has 2 aliphatic heterocycles. The number of anilines is 1. The standard InChI is InChI=1S/C29H44ClN5O4/c1-19-17-33(11-12-34(19)27(37)31-16-21-8-9-21)18-22-13-23(30)14-25(20(22)2)32-26(36)15-24-7-6-10-35(24)28(38)39-29(3,4)5/h13-14,19,21,24H,6-12,15-18H2,1-5H3,(H,31,37)(H,32,36). The van der Waals surface area contributed by atoms with E-state index in [4.69, 9.17) is 16.3 Å². The largest absolute Gasteiger partial charge is 0.444 e.